The predicted octanol–water partition coefficient (Wildman–Crippen LogP) is 5.28. The van der Waals surface area contributed by atoms with Gasteiger partial charge >= 0.3 is 6.09 Å². The number of carbonyl (C=O) groups is 1. The first-order chi connectivity index (χ1) is 15.9. The number of nitrogens with one attached hydrogen (secondary N) is 1. The third kappa shape index (κ3) is 4.76. The molecule has 1 amide bonds. The minimum absolute atomic E-state index is 0.0229. The molecule has 2 aromatic rings. The number of benzene rings is 2. The summed E-state index contributed by atoms with van der Waals surface area (Å²) >= 11 is 0. The van der Waals surface area contributed by atoms with Gasteiger partial charge in [-0.25, -0.2) is 9.18 Å². The molecule has 3 saturated heterocycles. The molecule has 0 aliphatic carbocycles. The number of carbonyl (C=O) groups excluding carboxylic acids is 1. The number of amides is 1. The van der Waals surface area contributed by atoms with Crippen molar-refractivity contribution < 1.29 is 18.7 Å². The van der Waals surface area contributed by atoms with Crippen molar-refractivity contribution in [2.45, 2.75) is 38.8 Å². The molecule has 2 atom stereocenters. The molecule has 0 radical (unpaired) electrons. The lowest BCUT2D eigenvalue weighted by molar-refractivity contribution is -0.0361. The van der Waals surface area contributed by atoms with Gasteiger partial charge in [-0.05, 0) is 61.2 Å². The molecular weight excluding hydrogens is 419 g/mol. The molecule has 0 aromatic heterocycles. The van der Waals surface area contributed by atoms with E-state index in [0.717, 1.165) is 54.9 Å². The number of hydrogen-bond donors (Lipinski definition) is 1. The summed E-state index contributed by atoms with van der Waals surface area (Å²) in [7, 11) is 0. The van der Waals surface area contributed by atoms with Crippen molar-refractivity contribution in [3.05, 3.63) is 65.0 Å². The molecule has 174 valence electrons. The van der Waals surface area contributed by atoms with Crippen LogP contribution in [0, 0.1) is 17.2 Å². The zero-order valence-electron chi connectivity index (χ0n) is 19.2. The van der Waals surface area contributed by atoms with Crippen LogP contribution < -0.4 is 10.1 Å². The van der Waals surface area contributed by atoms with E-state index in [1.807, 2.05) is 36.4 Å². The summed E-state index contributed by atoms with van der Waals surface area (Å²) < 4.78 is 25.4. The zero-order valence-corrected chi connectivity index (χ0v) is 19.2. The fraction of sp³-hybridized carbons (Fsp3) is 0.444. The van der Waals surface area contributed by atoms with Gasteiger partial charge in [0.25, 0.3) is 0 Å². The van der Waals surface area contributed by atoms with E-state index in [4.69, 9.17) is 9.47 Å². The summed E-state index contributed by atoms with van der Waals surface area (Å²) in [6, 6.07) is 12.2. The minimum Gasteiger partial charge on any atom is -0.493 e. The van der Waals surface area contributed by atoms with E-state index in [-0.39, 0.29) is 29.5 Å². The summed E-state index contributed by atoms with van der Waals surface area (Å²) in [5, 5.41) is 3.14. The van der Waals surface area contributed by atoms with Crippen LogP contribution in [0.4, 0.5) is 9.18 Å². The zero-order chi connectivity index (χ0) is 23.0. The number of rotatable bonds is 4. The number of halogens is 1. The van der Waals surface area contributed by atoms with E-state index in [1.165, 1.54) is 12.1 Å². The molecule has 6 rings (SSSR count). The van der Waals surface area contributed by atoms with Crippen molar-refractivity contribution in [2.24, 2.45) is 11.3 Å². The quantitative estimate of drug-likeness (QED) is 0.645. The van der Waals surface area contributed by atoms with Gasteiger partial charge in [0.15, 0.2) is 0 Å². The van der Waals surface area contributed by atoms with Crippen LogP contribution in [0.2, 0.25) is 0 Å². The predicted molar refractivity (Wildman–Crippen MR) is 126 cm³/mol. The average molecular weight is 451 g/mol. The van der Waals surface area contributed by atoms with Gasteiger partial charge in [-0.2, -0.15) is 0 Å². The second-order valence-corrected chi connectivity index (χ2v) is 10.1. The number of nitrogens with zero attached hydrogens (tertiary/aromatic N) is 1. The Morgan fingerprint density at radius 2 is 1.91 bits per heavy atom. The average Bonchev–Trinajstić information content (AvgIpc) is 2.80. The van der Waals surface area contributed by atoms with Gasteiger partial charge in [0, 0.05) is 17.5 Å². The molecule has 33 heavy (non-hydrogen) atoms. The van der Waals surface area contributed by atoms with Crippen molar-refractivity contribution in [3.8, 4) is 5.75 Å². The topological polar surface area (TPSA) is 50.8 Å². The fourth-order valence-corrected chi connectivity index (χ4v) is 5.20. The van der Waals surface area contributed by atoms with Gasteiger partial charge in [0.05, 0.1) is 12.6 Å². The number of piperidine rings is 3. The smallest absolute Gasteiger partial charge is 0.407 e. The van der Waals surface area contributed by atoms with Gasteiger partial charge in [-0.15, -0.1) is 0 Å². The van der Waals surface area contributed by atoms with Crippen LogP contribution in [0.3, 0.4) is 0 Å². The molecule has 4 aliphatic heterocycles. The number of alkyl carbamates (subject to hydrolysis) is 1. The first-order valence-corrected chi connectivity index (χ1v) is 11.8. The van der Waals surface area contributed by atoms with Crippen LogP contribution in [-0.4, -0.2) is 43.3 Å². The molecule has 1 unspecified atom stereocenters. The summed E-state index contributed by atoms with van der Waals surface area (Å²) in [6.07, 6.45) is 5.64. The van der Waals surface area contributed by atoms with E-state index in [0.29, 0.717) is 12.5 Å². The van der Waals surface area contributed by atoms with Crippen LogP contribution >= 0.6 is 0 Å². The third-order valence-electron chi connectivity index (χ3n) is 7.16. The highest BCUT2D eigenvalue weighted by Crippen LogP contribution is 2.43. The second kappa shape index (κ2) is 8.82. The largest absolute Gasteiger partial charge is 0.493 e. The second-order valence-electron chi connectivity index (χ2n) is 10.1. The summed E-state index contributed by atoms with van der Waals surface area (Å²) in [6.45, 7) is 7.74. The fourth-order valence-electron chi connectivity index (χ4n) is 5.20. The SMILES string of the molecule is CC1(C)COc2cc(/C=C/c3cccc(F)c3)ccc2C1NC(=O)O[C@H]1CN2CCC1CC2. The van der Waals surface area contributed by atoms with Gasteiger partial charge in [-0.3, -0.25) is 4.90 Å². The molecule has 4 aliphatic rings. The van der Waals surface area contributed by atoms with Crippen LogP contribution in [-0.2, 0) is 4.74 Å². The normalized spacial score (nSPS) is 27.6. The molecule has 3 fully saturated rings. The highest BCUT2D eigenvalue weighted by atomic mass is 19.1. The van der Waals surface area contributed by atoms with E-state index in [1.54, 1.807) is 6.07 Å². The van der Waals surface area contributed by atoms with Crippen molar-refractivity contribution in [2.75, 3.05) is 26.2 Å². The Hall–Kier alpha value is -2.86. The van der Waals surface area contributed by atoms with Crippen molar-refractivity contribution >= 4 is 18.2 Å². The molecule has 1 N–H and O–H groups in total. The molecule has 4 heterocycles. The summed E-state index contributed by atoms with van der Waals surface area (Å²) in [4.78, 5) is 15.3. The highest BCUT2D eigenvalue weighted by Gasteiger charge is 2.41. The Bertz CT molecular complexity index is 1060. The molecule has 0 spiro atoms. The van der Waals surface area contributed by atoms with Crippen LogP contribution in [0.25, 0.3) is 12.2 Å². The summed E-state index contributed by atoms with van der Waals surface area (Å²) in [5.74, 6) is 0.972. The first kappa shape index (κ1) is 22.0. The van der Waals surface area contributed by atoms with Gasteiger partial charge < -0.3 is 14.8 Å². The monoisotopic (exact) mass is 450 g/mol. The summed E-state index contributed by atoms with van der Waals surface area (Å²) in [5.41, 5.74) is 2.41. The Morgan fingerprint density at radius 1 is 1.15 bits per heavy atom. The molecular formula is C27H31FN2O3. The minimum atomic E-state index is -0.352. The van der Waals surface area contributed by atoms with Crippen LogP contribution in [0.1, 0.15) is 49.4 Å². The lowest BCUT2D eigenvalue weighted by Gasteiger charge is -2.44. The standard InChI is InChI=1S/C27H31FN2O3/c1-27(2)17-32-23-15-19(7-6-18-4-3-5-21(28)14-18)8-9-22(23)25(27)29-26(31)33-24-16-30-12-10-20(24)11-13-30/h3-9,14-15,20,24-25H,10-13,16-17H2,1-2H3,(H,29,31)/b7-6+/t24-,25?/m0/s1. The number of hydrogen-bond acceptors (Lipinski definition) is 4. The van der Waals surface area contributed by atoms with E-state index >= 15 is 0 Å². The van der Waals surface area contributed by atoms with Crippen LogP contribution in [0.5, 0.6) is 5.75 Å². The Balaban J connectivity index is 1.30. The van der Waals surface area contributed by atoms with Gasteiger partial charge in [0.1, 0.15) is 17.7 Å². The van der Waals surface area contributed by atoms with Gasteiger partial charge in [0.2, 0.25) is 0 Å². The van der Waals surface area contributed by atoms with E-state index in [2.05, 4.69) is 24.1 Å². The lowest BCUT2D eigenvalue weighted by Crippen LogP contribution is -2.53. The number of ether oxygens (including phenoxy) is 2. The maximum absolute atomic E-state index is 13.4. The molecule has 2 bridgehead atoms. The first-order valence-electron chi connectivity index (χ1n) is 11.8. The van der Waals surface area contributed by atoms with Gasteiger partial charge in [-0.1, -0.05) is 50.3 Å². The highest BCUT2D eigenvalue weighted by molar-refractivity contribution is 5.72. The van der Waals surface area contributed by atoms with Crippen molar-refractivity contribution in [3.63, 3.8) is 0 Å². The van der Waals surface area contributed by atoms with Crippen molar-refractivity contribution in [1.82, 2.24) is 10.2 Å². The maximum atomic E-state index is 13.4. The molecule has 2 aromatic carbocycles. The Morgan fingerprint density at radius 3 is 2.61 bits per heavy atom. The molecule has 6 heteroatoms. The van der Waals surface area contributed by atoms with E-state index < -0.39 is 0 Å². The van der Waals surface area contributed by atoms with Crippen LogP contribution in [0.15, 0.2) is 42.5 Å². The van der Waals surface area contributed by atoms with E-state index in [9.17, 15) is 9.18 Å². The van der Waals surface area contributed by atoms with Crippen molar-refractivity contribution in [1.29, 1.82) is 0 Å². The Kier molecular flexibility index (Phi) is 5.87. The number of fused-ring (bicyclic) bond motifs is 4. The molecule has 0 saturated carbocycles. The lowest BCUT2D eigenvalue weighted by atomic mass is 9.79. The Labute approximate surface area is 194 Å². The maximum Gasteiger partial charge on any atom is 0.407 e. The molecule has 5 nitrogen and oxygen atoms in total. The third-order valence-corrected chi connectivity index (χ3v) is 7.16.